The fourth-order valence-corrected chi connectivity index (χ4v) is 1.62. The summed E-state index contributed by atoms with van der Waals surface area (Å²) in [6, 6.07) is 5.40. The first kappa shape index (κ1) is 13.5. The molecule has 0 saturated carbocycles. The van der Waals surface area contributed by atoms with Gasteiger partial charge in [0, 0.05) is 6.42 Å². The van der Waals surface area contributed by atoms with Gasteiger partial charge in [-0.2, -0.15) is 0 Å². The number of aliphatic hydroxyl groups excluding tert-OH is 1. The number of aliphatic carboxylic acids is 1. The summed E-state index contributed by atoms with van der Waals surface area (Å²) < 4.78 is 5.39. The number of aryl methyl sites for hydroxylation is 1. The Labute approximate surface area is 101 Å². The van der Waals surface area contributed by atoms with Gasteiger partial charge in [-0.3, -0.25) is 4.79 Å². The van der Waals surface area contributed by atoms with Crippen LogP contribution in [0.3, 0.4) is 0 Å². The second-order valence-electron chi connectivity index (χ2n) is 3.91. The van der Waals surface area contributed by atoms with E-state index in [1.54, 1.807) is 12.1 Å². The van der Waals surface area contributed by atoms with Crippen LogP contribution in [0.4, 0.5) is 0 Å². The minimum absolute atomic E-state index is 0.0343. The van der Waals surface area contributed by atoms with E-state index in [2.05, 4.69) is 0 Å². The first-order chi connectivity index (χ1) is 8.04. The number of carboxylic acids is 1. The highest BCUT2D eigenvalue weighted by molar-refractivity contribution is 5.66. The summed E-state index contributed by atoms with van der Waals surface area (Å²) in [5.41, 5.74) is 1.67. The second-order valence-corrected chi connectivity index (χ2v) is 3.91. The predicted octanol–water partition coefficient (Wildman–Crippen LogP) is 2.29. The van der Waals surface area contributed by atoms with Crippen molar-refractivity contribution in [2.24, 2.45) is 0 Å². The van der Waals surface area contributed by atoms with Gasteiger partial charge in [0.15, 0.2) is 0 Å². The van der Waals surface area contributed by atoms with Crippen LogP contribution in [0.25, 0.3) is 0 Å². The Hall–Kier alpha value is -1.55. The third kappa shape index (κ3) is 4.07. The Kier molecular flexibility index (Phi) is 4.97. The normalized spacial score (nSPS) is 12.2. The molecule has 0 aliphatic rings. The maximum Gasteiger partial charge on any atom is 0.303 e. The van der Waals surface area contributed by atoms with Crippen molar-refractivity contribution in [3.63, 3.8) is 0 Å². The van der Waals surface area contributed by atoms with E-state index in [1.807, 2.05) is 19.9 Å². The van der Waals surface area contributed by atoms with E-state index in [4.69, 9.17) is 9.84 Å². The van der Waals surface area contributed by atoms with Gasteiger partial charge in [-0.15, -0.1) is 0 Å². The van der Waals surface area contributed by atoms with Gasteiger partial charge < -0.3 is 14.9 Å². The van der Waals surface area contributed by atoms with E-state index < -0.39 is 12.1 Å². The van der Waals surface area contributed by atoms with Crippen LogP contribution in [-0.4, -0.2) is 22.8 Å². The SMILES string of the molecule is CCOc1ccc([C@@H](O)CCC(=O)O)cc1C. The van der Waals surface area contributed by atoms with Crippen LogP contribution in [0.5, 0.6) is 5.75 Å². The van der Waals surface area contributed by atoms with Crippen LogP contribution in [-0.2, 0) is 4.79 Å². The molecule has 17 heavy (non-hydrogen) atoms. The fourth-order valence-electron chi connectivity index (χ4n) is 1.62. The van der Waals surface area contributed by atoms with Crippen molar-refractivity contribution in [2.45, 2.75) is 32.8 Å². The van der Waals surface area contributed by atoms with Crippen molar-refractivity contribution in [1.82, 2.24) is 0 Å². The molecule has 0 aromatic heterocycles. The molecule has 1 aromatic rings. The van der Waals surface area contributed by atoms with Crippen LogP contribution >= 0.6 is 0 Å². The molecule has 0 saturated heterocycles. The Morgan fingerprint density at radius 2 is 2.18 bits per heavy atom. The van der Waals surface area contributed by atoms with Gasteiger partial charge in [0.05, 0.1) is 12.7 Å². The molecule has 0 amide bonds. The van der Waals surface area contributed by atoms with E-state index in [1.165, 1.54) is 0 Å². The van der Waals surface area contributed by atoms with E-state index in [9.17, 15) is 9.90 Å². The predicted molar refractivity (Wildman–Crippen MR) is 64.2 cm³/mol. The van der Waals surface area contributed by atoms with Crippen molar-refractivity contribution in [2.75, 3.05) is 6.61 Å². The number of hydrogen-bond donors (Lipinski definition) is 2. The van der Waals surface area contributed by atoms with Gasteiger partial charge in [0.2, 0.25) is 0 Å². The van der Waals surface area contributed by atoms with Crippen LogP contribution < -0.4 is 4.74 Å². The van der Waals surface area contributed by atoms with E-state index in [-0.39, 0.29) is 12.8 Å². The number of ether oxygens (including phenoxy) is 1. The molecule has 1 aromatic carbocycles. The van der Waals surface area contributed by atoms with Crippen LogP contribution in [0, 0.1) is 6.92 Å². The van der Waals surface area contributed by atoms with E-state index in [0.717, 1.165) is 16.9 Å². The molecule has 0 fully saturated rings. The molecule has 0 bridgehead atoms. The van der Waals surface area contributed by atoms with Gasteiger partial charge in [-0.1, -0.05) is 6.07 Å². The highest BCUT2D eigenvalue weighted by atomic mass is 16.5. The summed E-state index contributed by atoms with van der Waals surface area (Å²) >= 11 is 0. The van der Waals surface area contributed by atoms with Gasteiger partial charge in [0.25, 0.3) is 0 Å². The zero-order valence-electron chi connectivity index (χ0n) is 10.1. The zero-order chi connectivity index (χ0) is 12.8. The Bertz CT molecular complexity index is 387. The average molecular weight is 238 g/mol. The van der Waals surface area contributed by atoms with E-state index in [0.29, 0.717) is 6.61 Å². The largest absolute Gasteiger partial charge is 0.494 e. The fraction of sp³-hybridized carbons (Fsp3) is 0.462. The molecule has 1 rings (SSSR count). The molecule has 1 atom stereocenters. The lowest BCUT2D eigenvalue weighted by Gasteiger charge is -2.13. The lowest BCUT2D eigenvalue weighted by atomic mass is 10.0. The standard InChI is InChI=1S/C13H18O4/c1-3-17-12-6-4-10(8-9(12)2)11(14)5-7-13(15)16/h4,6,8,11,14H,3,5,7H2,1-2H3,(H,15,16)/t11-/m0/s1. The molecule has 0 aliphatic carbocycles. The second kappa shape index (κ2) is 6.25. The summed E-state index contributed by atoms with van der Waals surface area (Å²) in [4.78, 5) is 10.4. The molecule has 94 valence electrons. The summed E-state index contributed by atoms with van der Waals surface area (Å²) in [5.74, 6) is -0.103. The molecule has 0 aliphatic heterocycles. The lowest BCUT2D eigenvalue weighted by Crippen LogP contribution is -2.03. The number of carboxylic acid groups (broad SMARTS) is 1. The summed E-state index contributed by atoms with van der Waals surface area (Å²) in [6.07, 6.45) is -0.545. The Balaban J connectivity index is 2.71. The minimum Gasteiger partial charge on any atom is -0.494 e. The van der Waals surface area contributed by atoms with Crippen LogP contribution in [0.15, 0.2) is 18.2 Å². The van der Waals surface area contributed by atoms with Crippen molar-refractivity contribution in [3.8, 4) is 5.75 Å². The van der Waals surface area contributed by atoms with Gasteiger partial charge in [-0.05, 0) is 43.5 Å². The molecule has 0 unspecified atom stereocenters. The molecule has 0 heterocycles. The van der Waals surface area contributed by atoms with Gasteiger partial charge >= 0.3 is 5.97 Å². The van der Waals surface area contributed by atoms with Gasteiger partial charge in [-0.25, -0.2) is 0 Å². The first-order valence-corrected chi connectivity index (χ1v) is 5.67. The molecule has 4 heteroatoms. The van der Waals surface area contributed by atoms with Crippen molar-refractivity contribution in [3.05, 3.63) is 29.3 Å². The maximum absolute atomic E-state index is 10.4. The van der Waals surface area contributed by atoms with Crippen molar-refractivity contribution < 1.29 is 19.7 Å². The van der Waals surface area contributed by atoms with Crippen LogP contribution in [0.2, 0.25) is 0 Å². The summed E-state index contributed by atoms with van der Waals surface area (Å²) in [6.45, 7) is 4.41. The van der Waals surface area contributed by atoms with Gasteiger partial charge in [0.1, 0.15) is 5.75 Å². The lowest BCUT2D eigenvalue weighted by molar-refractivity contribution is -0.137. The first-order valence-electron chi connectivity index (χ1n) is 5.67. The number of rotatable bonds is 6. The molecule has 2 N–H and O–H groups in total. The highest BCUT2D eigenvalue weighted by Crippen LogP contribution is 2.25. The number of hydrogen-bond acceptors (Lipinski definition) is 3. The molecular weight excluding hydrogens is 220 g/mol. The summed E-state index contributed by atoms with van der Waals surface area (Å²) in [7, 11) is 0. The zero-order valence-corrected chi connectivity index (χ0v) is 10.1. The average Bonchev–Trinajstić information content (AvgIpc) is 2.28. The van der Waals surface area contributed by atoms with Crippen molar-refractivity contribution >= 4 is 5.97 Å². The molecule has 4 nitrogen and oxygen atoms in total. The Morgan fingerprint density at radius 1 is 1.47 bits per heavy atom. The summed E-state index contributed by atoms with van der Waals surface area (Å²) in [5, 5.41) is 18.4. The van der Waals surface area contributed by atoms with Crippen LogP contribution in [0.1, 0.15) is 37.0 Å². The number of carbonyl (C=O) groups is 1. The minimum atomic E-state index is -0.897. The molecular formula is C13H18O4. The van der Waals surface area contributed by atoms with Crippen molar-refractivity contribution in [1.29, 1.82) is 0 Å². The molecule has 0 radical (unpaired) electrons. The number of aliphatic hydroxyl groups is 1. The Morgan fingerprint density at radius 3 is 2.71 bits per heavy atom. The van der Waals surface area contributed by atoms with E-state index >= 15 is 0 Å². The maximum atomic E-state index is 10.4. The third-order valence-corrected chi connectivity index (χ3v) is 2.52. The smallest absolute Gasteiger partial charge is 0.303 e. The number of benzene rings is 1. The highest BCUT2D eigenvalue weighted by Gasteiger charge is 2.11. The molecule has 0 spiro atoms. The topological polar surface area (TPSA) is 66.8 Å². The quantitative estimate of drug-likeness (QED) is 0.798. The monoisotopic (exact) mass is 238 g/mol. The third-order valence-electron chi connectivity index (χ3n) is 2.52.